The van der Waals surface area contributed by atoms with Crippen LogP contribution < -0.4 is 15.8 Å². The average Bonchev–Trinajstić information content (AvgIpc) is 2.86. The van der Waals surface area contributed by atoms with E-state index in [9.17, 15) is 10.1 Å². The van der Waals surface area contributed by atoms with Gasteiger partial charge in [-0.05, 0) is 49.8 Å². The lowest BCUT2D eigenvalue weighted by Crippen LogP contribution is -2.50. The van der Waals surface area contributed by atoms with E-state index < -0.39 is 0 Å². The molecule has 3 N–H and O–H groups in total. The van der Waals surface area contributed by atoms with Crippen molar-refractivity contribution in [2.75, 3.05) is 26.7 Å². The number of methoxy groups -OCH3 is 1. The van der Waals surface area contributed by atoms with Gasteiger partial charge in [0.25, 0.3) is 5.91 Å². The Bertz CT molecular complexity index is 1050. The maximum atomic E-state index is 13.0. The number of nitrogens with zero attached hydrogens (tertiary/aromatic N) is 4. The molecule has 1 amide bonds. The third kappa shape index (κ3) is 4.93. The van der Waals surface area contributed by atoms with Gasteiger partial charge in [-0.2, -0.15) is 5.26 Å². The van der Waals surface area contributed by atoms with Crippen LogP contribution in [0.5, 0.6) is 5.75 Å². The molecule has 0 aromatic heterocycles. The molecule has 1 aliphatic heterocycles. The Morgan fingerprint density at radius 3 is 2.50 bits per heavy atom. The summed E-state index contributed by atoms with van der Waals surface area (Å²) in [6, 6.07) is 17.5. The monoisotopic (exact) mass is 460 g/mol. The van der Waals surface area contributed by atoms with Gasteiger partial charge < -0.3 is 15.8 Å². The highest BCUT2D eigenvalue weighted by molar-refractivity contribution is 5.97. The van der Waals surface area contributed by atoms with E-state index >= 15 is 0 Å². The number of nitrogens with one attached hydrogen (secondary N) is 1. The number of nitrogens with two attached hydrogens (primary N) is 1. The summed E-state index contributed by atoms with van der Waals surface area (Å²) in [5.74, 6) is 0.669. The molecule has 0 atom stereocenters. The van der Waals surface area contributed by atoms with E-state index in [0.717, 1.165) is 45.2 Å². The molecule has 0 spiro atoms. The molecule has 0 bridgehead atoms. The van der Waals surface area contributed by atoms with Crippen LogP contribution in [0, 0.1) is 11.5 Å². The Morgan fingerprint density at radius 2 is 1.88 bits per heavy atom. The SMILES string of the molecule is COc1ccccc1C(=O)NCC1(c2ccccc2)CCC(N(C#N)C(N)=NN2CCC2)CC1. The molecule has 1 saturated heterocycles. The summed E-state index contributed by atoms with van der Waals surface area (Å²) in [7, 11) is 1.57. The van der Waals surface area contributed by atoms with Crippen molar-refractivity contribution in [1.29, 1.82) is 5.26 Å². The molecule has 2 fully saturated rings. The zero-order valence-corrected chi connectivity index (χ0v) is 19.6. The minimum Gasteiger partial charge on any atom is -0.496 e. The first kappa shape index (κ1) is 23.4. The van der Waals surface area contributed by atoms with E-state index in [1.807, 2.05) is 35.3 Å². The molecule has 1 saturated carbocycles. The Kier molecular flexibility index (Phi) is 7.21. The Balaban J connectivity index is 1.49. The number of nitriles is 1. The maximum absolute atomic E-state index is 13.0. The zero-order valence-electron chi connectivity index (χ0n) is 19.6. The van der Waals surface area contributed by atoms with Crippen LogP contribution in [0.1, 0.15) is 48.0 Å². The van der Waals surface area contributed by atoms with Crippen molar-refractivity contribution in [2.45, 2.75) is 43.6 Å². The predicted octanol–water partition coefficient (Wildman–Crippen LogP) is 3.02. The minimum atomic E-state index is -0.222. The van der Waals surface area contributed by atoms with Crippen LogP contribution >= 0.6 is 0 Å². The number of hydrogen-bond acceptors (Lipinski definition) is 5. The van der Waals surface area contributed by atoms with Gasteiger partial charge in [-0.25, -0.2) is 4.90 Å². The van der Waals surface area contributed by atoms with E-state index in [4.69, 9.17) is 10.5 Å². The topological polar surface area (TPSA) is 107 Å². The van der Waals surface area contributed by atoms with Crippen molar-refractivity contribution < 1.29 is 9.53 Å². The first-order valence-electron chi connectivity index (χ1n) is 11.8. The van der Waals surface area contributed by atoms with E-state index in [1.165, 1.54) is 5.56 Å². The Morgan fingerprint density at radius 1 is 1.21 bits per heavy atom. The van der Waals surface area contributed by atoms with Crippen LogP contribution in [-0.4, -0.2) is 54.6 Å². The number of amides is 1. The van der Waals surface area contributed by atoms with Gasteiger partial charge in [-0.15, -0.1) is 5.10 Å². The van der Waals surface area contributed by atoms with Crippen molar-refractivity contribution in [2.24, 2.45) is 10.8 Å². The van der Waals surface area contributed by atoms with Crippen LogP contribution in [0.3, 0.4) is 0 Å². The summed E-state index contributed by atoms with van der Waals surface area (Å²) >= 11 is 0. The van der Waals surface area contributed by atoms with Gasteiger partial charge in [0.2, 0.25) is 5.96 Å². The molecule has 1 aliphatic carbocycles. The fraction of sp³-hybridized carbons (Fsp3) is 0.423. The molecule has 2 aromatic rings. The van der Waals surface area contributed by atoms with Crippen LogP contribution in [0.15, 0.2) is 59.7 Å². The van der Waals surface area contributed by atoms with Gasteiger partial charge in [-0.3, -0.25) is 9.80 Å². The largest absolute Gasteiger partial charge is 0.496 e. The maximum Gasteiger partial charge on any atom is 0.255 e. The smallest absolute Gasteiger partial charge is 0.255 e. The number of carbonyl (C=O) groups excluding carboxylic acids is 1. The number of ether oxygens (including phenoxy) is 1. The van der Waals surface area contributed by atoms with Crippen LogP contribution in [-0.2, 0) is 5.41 Å². The van der Waals surface area contributed by atoms with Crippen LogP contribution in [0.4, 0.5) is 0 Å². The van der Waals surface area contributed by atoms with Gasteiger partial charge in [0, 0.05) is 31.1 Å². The summed E-state index contributed by atoms with van der Waals surface area (Å²) in [5.41, 5.74) is 7.67. The van der Waals surface area contributed by atoms with E-state index in [2.05, 4.69) is 28.7 Å². The number of para-hydroxylation sites is 1. The zero-order chi connectivity index (χ0) is 24.0. The molecule has 178 valence electrons. The highest BCUT2D eigenvalue weighted by atomic mass is 16.5. The molecule has 8 heteroatoms. The summed E-state index contributed by atoms with van der Waals surface area (Å²) in [4.78, 5) is 14.6. The summed E-state index contributed by atoms with van der Waals surface area (Å²) < 4.78 is 5.36. The molecule has 8 nitrogen and oxygen atoms in total. The second-order valence-electron chi connectivity index (χ2n) is 9.00. The van der Waals surface area contributed by atoms with Gasteiger partial charge in [0.15, 0.2) is 6.19 Å². The fourth-order valence-corrected chi connectivity index (χ4v) is 4.86. The van der Waals surface area contributed by atoms with Crippen molar-refractivity contribution >= 4 is 11.9 Å². The van der Waals surface area contributed by atoms with E-state index in [0.29, 0.717) is 17.9 Å². The fourth-order valence-electron chi connectivity index (χ4n) is 4.86. The van der Waals surface area contributed by atoms with Gasteiger partial charge in [0.1, 0.15) is 5.75 Å². The number of hydrogen-bond donors (Lipinski definition) is 2. The third-order valence-corrected chi connectivity index (χ3v) is 7.03. The molecule has 0 unspecified atom stereocenters. The van der Waals surface area contributed by atoms with E-state index in [-0.39, 0.29) is 23.3 Å². The summed E-state index contributed by atoms with van der Waals surface area (Å²) in [6.45, 7) is 2.27. The van der Waals surface area contributed by atoms with Gasteiger partial charge >= 0.3 is 0 Å². The Labute approximate surface area is 201 Å². The quantitative estimate of drug-likeness (QED) is 0.285. The molecule has 2 aliphatic rings. The average molecular weight is 461 g/mol. The summed E-state index contributed by atoms with van der Waals surface area (Å²) in [6.07, 6.45) is 6.55. The second-order valence-corrected chi connectivity index (χ2v) is 9.00. The lowest BCUT2D eigenvalue weighted by molar-refractivity contribution is 0.0929. The molecule has 2 aromatic carbocycles. The lowest BCUT2D eigenvalue weighted by atomic mass is 9.68. The first-order valence-corrected chi connectivity index (χ1v) is 11.8. The van der Waals surface area contributed by atoms with Crippen molar-refractivity contribution in [1.82, 2.24) is 15.2 Å². The molecule has 34 heavy (non-hydrogen) atoms. The molecule has 1 heterocycles. The van der Waals surface area contributed by atoms with Gasteiger partial charge in [0.05, 0.1) is 12.7 Å². The van der Waals surface area contributed by atoms with E-state index in [1.54, 1.807) is 24.1 Å². The molecule has 4 rings (SSSR count). The normalized spacial score (nSPS) is 22.3. The molecule has 0 radical (unpaired) electrons. The number of carbonyl (C=O) groups is 1. The highest BCUT2D eigenvalue weighted by Crippen LogP contribution is 2.40. The lowest BCUT2D eigenvalue weighted by Gasteiger charge is -2.42. The molecular formula is C26H32N6O2. The Hall–Kier alpha value is -3.73. The van der Waals surface area contributed by atoms with Crippen molar-refractivity contribution in [3.05, 3.63) is 65.7 Å². The second kappa shape index (κ2) is 10.5. The number of rotatable bonds is 7. The number of guanidine groups is 1. The standard InChI is InChI=1S/C26H32N6O2/c1-34-23-11-6-5-10-22(23)24(33)29-18-26(20-8-3-2-4-9-20)14-12-21(13-15-26)32(19-27)25(28)30-31-16-7-17-31/h2-6,8-11,21H,7,12-18H2,1H3,(H2,28,30)(H,29,33). The first-order chi connectivity index (χ1) is 16.6. The highest BCUT2D eigenvalue weighted by Gasteiger charge is 2.39. The predicted molar refractivity (Wildman–Crippen MR) is 131 cm³/mol. The van der Waals surface area contributed by atoms with Crippen LogP contribution in [0.25, 0.3) is 0 Å². The van der Waals surface area contributed by atoms with Gasteiger partial charge in [-0.1, -0.05) is 42.5 Å². The third-order valence-electron chi connectivity index (χ3n) is 7.03. The number of hydrazone groups is 1. The summed E-state index contributed by atoms with van der Waals surface area (Å²) in [5, 5.41) is 19.2. The molecular weight excluding hydrogens is 428 g/mol. The van der Waals surface area contributed by atoms with Crippen molar-refractivity contribution in [3.8, 4) is 11.9 Å². The van der Waals surface area contributed by atoms with Crippen molar-refractivity contribution in [3.63, 3.8) is 0 Å². The number of benzene rings is 2. The van der Waals surface area contributed by atoms with Crippen LogP contribution in [0.2, 0.25) is 0 Å². The minimum absolute atomic E-state index is 0.00298.